The van der Waals surface area contributed by atoms with Crippen molar-refractivity contribution < 1.29 is 9.53 Å². The molecule has 1 fully saturated rings. The third-order valence-corrected chi connectivity index (χ3v) is 8.54. The number of hydrogen-bond donors (Lipinski definition) is 0. The second kappa shape index (κ2) is 14.7. The highest BCUT2D eigenvalue weighted by atomic mass is 16.5. The van der Waals surface area contributed by atoms with Crippen LogP contribution in [0.15, 0.2) is 30.3 Å². The Kier molecular flexibility index (Phi) is 11.7. The minimum Gasteiger partial charge on any atom is -0.459 e. The van der Waals surface area contributed by atoms with E-state index in [4.69, 9.17) is 4.74 Å². The second-order valence-corrected chi connectivity index (χ2v) is 11.2. The van der Waals surface area contributed by atoms with Crippen LogP contribution in [0.3, 0.4) is 0 Å². The first-order valence-electron chi connectivity index (χ1n) is 14.6. The van der Waals surface area contributed by atoms with Crippen molar-refractivity contribution in [1.82, 2.24) is 0 Å². The molecule has 0 saturated heterocycles. The standard InChI is InChI=1S/C32H50O2/c1-4-6-8-10-12-26-13-23-31(24-14-26)34-32(33)30-21-19-29(20-22-30)28-17-15-27(16-18-28)25(3)11-9-7-5-2/h17,19-22,25-27,31H,4-16,18,23-24H2,1-3H3/t25?,26-,27?,31-. The number of carbonyl (C=O) groups excluding carboxylic acids is 1. The minimum absolute atomic E-state index is 0.108. The van der Waals surface area contributed by atoms with Gasteiger partial charge in [0.1, 0.15) is 6.10 Å². The molecule has 2 nitrogen and oxygen atoms in total. The summed E-state index contributed by atoms with van der Waals surface area (Å²) in [4.78, 5) is 12.7. The van der Waals surface area contributed by atoms with Gasteiger partial charge in [-0.25, -0.2) is 4.79 Å². The predicted octanol–water partition coefficient (Wildman–Crippen LogP) is 9.77. The summed E-state index contributed by atoms with van der Waals surface area (Å²) in [5.41, 5.74) is 3.43. The molecular weight excluding hydrogens is 416 g/mol. The van der Waals surface area contributed by atoms with Crippen molar-refractivity contribution in [1.29, 1.82) is 0 Å². The number of carbonyl (C=O) groups is 1. The molecule has 2 unspecified atom stereocenters. The molecular formula is C32H50O2. The monoisotopic (exact) mass is 466 g/mol. The summed E-state index contributed by atoms with van der Waals surface area (Å²) in [7, 11) is 0. The van der Waals surface area contributed by atoms with Gasteiger partial charge in [0.25, 0.3) is 0 Å². The molecule has 0 amide bonds. The molecule has 0 aliphatic heterocycles. The highest BCUT2D eigenvalue weighted by Gasteiger charge is 2.24. The Morgan fingerprint density at radius 3 is 2.26 bits per heavy atom. The lowest BCUT2D eigenvalue weighted by atomic mass is 9.78. The normalized spacial score (nSPS) is 23.9. The van der Waals surface area contributed by atoms with Crippen LogP contribution < -0.4 is 0 Å². The number of benzene rings is 1. The van der Waals surface area contributed by atoms with Gasteiger partial charge in [-0.1, -0.05) is 96.8 Å². The Labute approximate surface area is 209 Å². The van der Waals surface area contributed by atoms with Crippen LogP contribution in [0.25, 0.3) is 5.57 Å². The van der Waals surface area contributed by atoms with Gasteiger partial charge in [0.2, 0.25) is 0 Å². The van der Waals surface area contributed by atoms with E-state index in [1.807, 2.05) is 12.1 Å². The van der Waals surface area contributed by atoms with Crippen LogP contribution >= 0.6 is 0 Å². The zero-order valence-corrected chi connectivity index (χ0v) is 22.3. The first-order valence-corrected chi connectivity index (χ1v) is 14.6. The van der Waals surface area contributed by atoms with E-state index in [1.54, 1.807) is 0 Å². The quantitative estimate of drug-likeness (QED) is 0.213. The summed E-state index contributed by atoms with van der Waals surface area (Å²) < 4.78 is 5.88. The van der Waals surface area contributed by atoms with Crippen LogP contribution in [-0.4, -0.2) is 12.1 Å². The lowest BCUT2D eigenvalue weighted by molar-refractivity contribution is 0.0161. The molecule has 2 heteroatoms. The number of hydrogen-bond acceptors (Lipinski definition) is 2. The number of ether oxygens (including phenoxy) is 1. The molecule has 34 heavy (non-hydrogen) atoms. The van der Waals surface area contributed by atoms with Crippen LogP contribution in [0.4, 0.5) is 0 Å². The Morgan fingerprint density at radius 1 is 0.912 bits per heavy atom. The van der Waals surface area contributed by atoms with Crippen molar-refractivity contribution in [3.8, 4) is 0 Å². The molecule has 2 atom stereocenters. The van der Waals surface area contributed by atoms with Crippen molar-refractivity contribution in [2.75, 3.05) is 0 Å². The van der Waals surface area contributed by atoms with Crippen molar-refractivity contribution in [2.24, 2.45) is 17.8 Å². The van der Waals surface area contributed by atoms with Gasteiger partial charge in [0, 0.05) is 0 Å². The molecule has 190 valence electrons. The van der Waals surface area contributed by atoms with Gasteiger partial charge in [0.15, 0.2) is 0 Å². The summed E-state index contributed by atoms with van der Waals surface area (Å²) in [6.07, 6.45) is 22.9. The molecule has 1 aromatic rings. The Bertz CT molecular complexity index is 739. The molecule has 0 N–H and O–H groups in total. The summed E-state index contributed by atoms with van der Waals surface area (Å²) >= 11 is 0. The van der Waals surface area contributed by atoms with Gasteiger partial charge >= 0.3 is 5.97 Å². The molecule has 0 radical (unpaired) electrons. The number of allylic oxidation sites excluding steroid dienone is 2. The van der Waals surface area contributed by atoms with Crippen molar-refractivity contribution in [3.63, 3.8) is 0 Å². The highest BCUT2D eigenvalue weighted by Crippen LogP contribution is 2.36. The first-order chi connectivity index (χ1) is 16.6. The SMILES string of the molecule is CCCCCC[C@H]1CC[C@H](OC(=O)c2ccc(C3=CCC(C(C)CCCCC)CC3)cc2)CC1. The van der Waals surface area contributed by atoms with E-state index in [0.29, 0.717) is 5.56 Å². The smallest absolute Gasteiger partial charge is 0.338 e. The topological polar surface area (TPSA) is 26.3 Å². The fourth-order valence-corrected chi connectivity index (χ4v) is 6.02. The van der Waals surface area contributed by atoms with Gasteiger partial charge in [0.05, 0.1) is 5.56 Å². The van der Waals surface area contributed by atoms with Crippen LogP contribution in [0.2, 0.25) is 0 Å². The fourth-order valence-electron chi connectivity index (χ4n) is 6.02. The van der Waals surface area contributed by atoms with Crippen LogP contribution in [0.5, 0.6) is 0 Å². The first kappa shape index (κ1) is 27.0. The minimum atomic E-state index is -0.142. The van der Waals surface area contributed by atoms with E-state index in [0.717, 1.165) is 37.0 Å². The van der Waals surface area contributed by atoms with Gasteiger partial charge in [-0.3, -0.25) is 0 Å². The van der Waals surface area contributed by atoms with E-state index in [2.05, 4.69) is 39.0 Å². The fraction of sp³-hybridized carbons (Fsp3) is 0.719. The Balaban J connectivity index is 1.41. The van der Waals surface area contributed by atoms with E-state index in [-0.39, 0.29) is 12.1 Å². The zero-order valence-electron chi connectivity index (χ0n) is 22.3. The molecule has 1 aromatic carbocycles. The second-order valence-electron chi connectivity index (χ2n) is 11.2. The van der Waals surface area contributed by atoms with Crippen molar-refractivity contribution in [2.45, 2.75) is 130 Å². The van der Waals surface area contributed by atoms with Crippen LogP contribution in [-0.2, 0) is 4.74 Å². The highest BCUT2D eigenvalue weighted by molar-refractivity contribution is 5.90. The average molecular weight is 467 g/mol. The zero-order chi connectivity index (χ0) is 24.2. The van der Waals surface area contributed by atoms with Crippen LogP contribution in [0.1, 0.15) is 139 Å². The lowest BCUT2D eigenvalue weighted by Gasteiger charge is -2.28. The number of esters is 1. The average Bonchev–Trinajstić information content (AvgIpc) is 2.88. The van der Waals surface area contributed by atoms with Crippen molar-refractivity contribution >= 4 is 11.5 Å². The number of unbranched alkanes of at least 4 members (excludes halogenated alkanes) is 5. The summed E-state index contributed by atoms with van der Waals surface area (Å²) in [5.74, 6) is 2.37. The molecule has 0 heterocycles. The maximum Gasteiger partial charge on any atom is 0.338 e. The van der Waals surface area contributed by atoms with Gasteiger partial charge in [-0.15, -0.1) is 0 Å². The van der Waals surface area contributed by atoms with E-state index >= 15 is 0 Å². The van der Waals surface area contributed by atoms with E-state index in [1.165, 1.54) is 94.6 Å². The molecule has 1 saturated carbocycles. The van der Waals surface area contributed by atoms with Gasteiger partial charge < -0.3 is 4.74 Å². The maximum absolute atomic E-state index is 12.7. The maximum atomic E-state index is 12.7. The van der Waals surface area contributed by atoms with E-state index in [9.17, 15) is 4.79 Å². The largest absolute Gasteiger partial charge is 0.459 e. The summed E-state index contributed by atoms with van der Waals surface area (Å²) in [6.45, 7) is 7.00. The van der Waals surface area contributed by atoms with Crippen molar-refractivity contribution in [3.05, 3.63) is 41.5 Å². The molecule has 3 rings (SSSR count). The molecule has 2 aliphatic carbocycles. The lowest BCUT2D eigenvalue weighted by Crippen LogP contribution is -2.24. The van der Waals surface area contributed by atoms with Crippen LogP contribution in [0, 0.1) is 17.8 Å². The Morgan fingerprint density at radius 2 is 1.62 bits per heavy atom. The molecule has 0 spiro atoms. The molecule has 0 bridgehead atoms. The van der Waals surface area contributed by atoms with Gasteiger partial charge in [-0.2, -0.15) is 0 Å². The Hall–Kier alpha value is -1.57. The molecule has 0 aromatic heterocycles. The third-order valence-electron chi connectivity index (χ3n) is 8.54. The predicted molar refractivity (Wildman–Crippen MR) is 145 cm³/mol. The van der Waals surface area contributed by atoms with Gasteiger partial charge in [-0.05, 0) is 86.0 Å². The molecule has 2 aliphatic rings. The third kappa shape index (κ3) is 8.58. The summed E-state index contributed by atoms with van der Waals surface area (Å²) in [5, 5.41) is 0. The number of rotatable bonds is 13. The summed E-state index contributed by atoms with van der Waals surface area (Å²) in [6, 6.07) is 8.19. The van der Waals surface area contributed by atoms with E-state index < -0.39 is 0 Å².